The van der Waals surface area contributed by atoms with Gasteiger partial charge in [-0.2, -0.15) is 0 Å². The number of aliphatic imine (C=N–C) groups is 1. The van der Waals surface area contributed by atoms with Crippen LogP contribution in [0.4, 0.5) is 5.69 Å². The summed E-state index contributed by atoms with van der Waals surface area (Å²) in [6.07, 6.45) is 2.67. The molecule has 5 heteroatoms. The Morgan fingerprint density at radius 1 is 1.32 bits per heavy atom. The lowest BCUT2D eigenvalue weighted by atomic mass is 10.0. The monoisotopic (exact) mass is 317 g/mol. The maximum absolute atomic E-state index is 9.10. The van der Waals surface area contributed by atoms with E-state index in [4.69, 9.17) is 5.11 Å². The van der Waals surface area contributed by atoms with E-state index in [1.807, 2.05) is 18.8 Å². The molecule has 1 N–H and O–H groups in total. The number of nitrogens with zero attached hydrogens (tertiary/aromatic N) is 3. The lowest BCUT2D eigenvalue weighted by Crippen LogP contribution is -2.14. The van der Waals surface area contributed by atoms with Gasteiger partial charge in [-0.1, -0.05) is 6.07 Å². The average molecular weight is 317 g/mol. The van der Waals surface area contributed by atoms with Gasteiger partial charge in [0.05, 0.1) is 29.3 Å². The van der Waals surface area contributed by atoms with Crippen LogP contribution in [0.25, 0.3) is 0 Å². The van der Waals surface area contributed by atoms with Gasteiger partial charge in [-0.25, -0.2) is 9.98 Å². The molecular formula is C17H23N3OS. The normalized spacial score (nSPS) is 11.3. The highest BCUT2D eigenvalue weighted by Crippen LogP contribution is 2.25. The van der Waals surface area contributed by atoms with E-state index in [0.29, 0.717) is 0 Å². The molecule has 0 saturated heterocycles. The van der Waals surface area contributed by atoms with E-state index in [1.54, 1.807) is 11.3 Å². The molecule has 1 aromatic carbocycles. The fourth-order valence-corrected chi connectivity index (χ4v) is 2.91. The Labute approximate surface area is 136 Å². The van der Waals surface area contributed by atoms with Crippen LogP contribution in [-0.2, 0) is 13.0 Å². The van der Waals surface area contributed by atoms with Crippen LogP contribution in [0.2, 0.25) is 0 Å². The predicted molar refractivity (Wildman–Crippen MR) is 93.2 cm³/mol. The summed E-state index contributed by atoms with van der Waals surface area (Å²) in [5, 5.41) is 12.0. The molecule has 4 nitrogen and oxygen atoms in total. The van der Waals surface area contributed by atoms with Crippen molar-refractivity contribution in [1.82, 2.24) is 9.88 Å². The van der Waals surface area contributed by atoms with Gasteiger partial charge in [0.1, 0.15) is 0 Å². The number of hydrogen-bond donors (Lipinski definition) is 1. The molecular weight excluding hydrogens is 294 g/mol. The molecule has 0 fully saturated rings. The molecule has 2 aromatic rings. The van der Waals surface area contributed by atoms with Gasteiger partial charge in [-0.3, -0.25) is 0 Å². The van der Waals surface area contributed by atoms with Crippen molar-refractivity contribution in [2.75, 3.05) is 13.6 Å². The number of benzene rings is 1. The van der Waals surface area contributed by atoms with E-state index in [-0.39, 0.29) is 6.61 Å². The zero-order chi connectivity index (χ0) is 16.1. The Balaban J connectivity index is 2.20. The smallest absolute Gasteiger partial charge is 0.0973 e. The third-order valence-electron chi connectivity index (χ3n) is 3.65. The summed E-state index contributed by atoms with van der Waals surface area (Å²) in [6, 6.07) is 4.32. The molecule has 0 unspecified atom stereocenters. The van der Waals surface area contributed by atoms with Crippen molar-refractivity contribution in [2.24, 2.45) is 4.99 Å². The van der Waals surface area contributed by atoms with Crippen molar-refractivity contribution in [2.45, 2.75) is 33.8 Å². The number of thiazole rings is 1. The van der Waals surface area contributed by atoms with Crippen LogP contribution in [0.5, 0.6) is 0 Å². The van der Waals surface area contributed by atoms with Crippen molar-refractivity contribution >= 4 is 23.4 Å². The number of aliphatic hydroxyl groups is 1. The lowest BCUT2D eigenvalue weighted by molar-refractivity contribution is 0.277. The van der Waals surface area contributed by atoms with Gasteiger partial charge in [0.15, 0.2) is 0 Å². The summed E-state index contributed by atoms with van der Waals surface area (Å²) < 4.78 is 0. The molecule has 1 heterocycles. The molecule has 22 heavy (non-hydrogen) atoms. The SMILES string of the molecule is CCN(C)C=Nc1cc(C)c(Cc2nc(CO)cs2)cc1C. The van der Waals surface area contributed by atoms with Crippen LogP contribution in [-0.4, -0.2) is 34.9 Å². The van der Waals surface area contributed by atoms with E-state index in [2.05, 4.69) is 47.8 Å². The van der Waals surface area contributed by atoms with Gasteiger partial charge >= 0.3 is 0 Å². The molecule has 0 saturated carbocycles. The highest BCUT2D eigenvalue weighted by molar-refractivity contribution is 7.09. The molecule has 0 radical (unpaired) electrons. The maximum atomic E-state index is 9.10. The average Bonchev–Trinajstić information content (AvgIpc) is 2.96. The Morgan fingerprint density at radius 3 is 2.73 bits per heavy atom. The van der Waals surface area contributed by atoms with Gasteiger partial charge in [0, 0.05) is 25.4 Å². The van der Waals surface area contributed by atoms with Gasteiger partial charge < -0.3 is 10.0 Å². The minimum atomic E-state index is 0.00705. The van der Waals surface area contributed by atoms with Crippen LogP contribution in [0.15, 0.2) is 22.5 Å². The van der Waals surface area contributed by atoms with E-state index < -0.39 is 0 Å². The van der Waals surface area contributed by atoms with E-state index in [9.17, 15) is 0 Å². The van der Waals surface area contributed by atoms with E-state index >= 15 is 0 Å². The zero-order valence-corrected chi connectivity index (χ0v) is 14.4. The molecule has 1 aromatic heterocycles. The Hall–Kier alpha value is -1.72. The van der Waals surface area contributed by atoms with E-state index in [0.717, 1.165) is 29.4 Å². The Bertz CT molecular complexity index is 664. The first-order valence-corrected chi connectivity index (χ1v) is 8.30. The number of aliphatic hydroxyl groups excluding tert-OH is 1. The topological polar surface area (TPSA) is 48.7 Å². The van der Waals surface area contributed by atoms with E-state index in [1.165, 1.54) is 16.7 Å². The Morgan fingerprint density at radius 2 is 2.09 bits per heavy atom. The van der Waals surface area contributed by atoms with Crippen molar-refractivity contribution < 1.29 is 5.11 Å². The summed E-state index contributed by atoms with van der Waals surface area (Å²) in [5.74, 6) is 0. The first kappa shape index (κ1) is 16.6. The highest BCUT2D eigenvalue weighted by atomic mass is 32.1. The first-order chi connectivity index (χ1) is 10.5. The first-order valence-electron chi connectivity index (χ1n) is 7.42. The molecule has 0 amide bonds. The third kappa shape index (κ3) is 4.15. The van der Waals surface area contributed by atoms with Crippen LogP contribution in [0.3, 0.4) is 0 Å². The number of rotatable bonds is 6. The molecule has 0 atom stereocenters. The van der Waals surface area contributed by atoms with Crippen molar-refractivity contribution in [3.63, 3.8) is 0 Å². The van der Waals surface area contributed by atoms with Crippen molar-refractivity contribution in [3.05, 3.63) is 44.9 Å². The van der Waals surface area contributed by atoms with Crippen molar-refractivity contribution in [3.8, 4) is 0 Å². The molecule has 0 aliphatic carbocycles. The number of aryl methyl sites for hydroxylation is 2. The summed E-state index contributed by atoms with van der Waals surface area (Å²) in [6.45, 7) is 7.24. The van der Waals surface area contributed by atoms with Crippen LogP contribution < -0.4 is 0 Å². The quantitative estimate of drug-likeness (QED) is 0.656. The van der Waals surface area contributed by atoms with Crippen molar-refractivity contribution in [1.29, 1.82) is 0 Å². The number of hydrogen-bond acceptors (Lipinski definition) is 4. The lowest BCUT2D eigenvalue weighted by Gasteiger charge is -2.11. The fraction of sp³-hybridized carbons (Fsp3) is 0.412. The van der Waals surface area contributed by atoms with Gasteiger partial charge in [0.2, 0.25) is 0 Å². The second kappa shape index (κ2) is 7.51. The van der Waals surface area contributed by atoms with Crippen LogP contribution in [0, 0.1) is 13.8 Å². The second-order valence-corrected chi connectivity index (χ2v) is 6.39. The Kier molecular flexibility index (Phi) is 5.69. The van der Waals surface area contributed by atoms with Crippen LogP contribution in [0.1, 0.15) is 34.3 Å². The molecule has 118 valence electrons. The van der Waals surface area contributed by atoms with Gasteiger partial charge in [0.25, 0.3) is 0 Å². The minimum Gasteiger partial charge on any atom is -0.390 e. The fourth-order valence-electron chi connectivity index (χ4n) is 2.10. The zero-order valence-electron chi connectivity index (χ0n) is 13.6. The molecule has 0 aliphatic heterocycles. The summed E-state index contributed by atoms with van der Waals surface area (Å²) in [5.41, 5.74) is 5.41. The third-order valence-corrected chi connectivity index (χ3v) is 4.55. The summed E-state index contributed by atoms with van der Waals surface area (Å²) in [7, 11) is 2.02. The predicted octanol–water partition coefficient (Wildman–Crippen LogP) is 3.45. The van der Waals surface area contributed by atoms with Crippen LogP contribution >= 0.6 is 11.3 Å². The standard InChI is InChI=1S/C17H23N3OS/c1-5-20(4)11-18-16-7-12(2)14(6-13(16)3)8-17-19-15(9-21)10-22-17/h6-7,10-11,21H,5,8-9H2,1-4H3. The minimum absolute atomic E-state index is 0.00705. The molecule has 0 bridgehead atoms. The summed E-state index contributed by atoms with van der Waals surface area (Å²) in [4.78, 5) is 11.0. The highest BCUT2D eigenvalue weighted by Gasteiger charge is 2.08. The molecule has 0 spiro atoms. The molecule has 0 aliphatic rings. The summed E-state index contributed by atoms with van der Waals surface area (Å²) >= 11 is 1.60. The molecule has 2 rings (SSSR count). The van der Waals surface area contributed by atoms with Gasteiger partial charge in [-0.05, 0) is 43.5 Å². The van der Waals surface area contributed by atoms with Gasteiger partial charge in [-0.15, -0.1) is 11.3 Å². The largest absolute Gasteiger partial charge is 0.390 e. The maximum Gasteiger partial charge on any atom is 0.0973 e. The number of aromatic nitrogens is 1. The second-order valence-electron chi connectivity index (χ2n) is 5.45.